The first kappa shape index (κ1) is 23.6. The average Bonchev–Trinajstić information content (AvgIpc) is 3.35. The van der Waals surface area contributed by atoms with Gasteiger partial charge in [0, 0.05) is 26.3 Å². The van der Waals surface area contributed by atoms with E-state index in [0.29, 0.717) is 17.9 Å². The maximum absolute atomic E-state index is 11.2. The fraction of sp³-hybridized carbons (Fsp3) is 0.455. The Morgan fingerprint density at radius 3 is 2.82 bits per heavy atom. The van der Waals surface area contributed by atoms with E-state index >= 15 is 0 Å². The number of benzene rings is 1. The molecule has 178 valence electrons. The van der Waals surface area contributed by atoms with Gasteiger partial charge in [0.15, 0.2) is 0 Å². The van der Waals surface area contributed by atoms with Crippen LogP contribution in [0.25, 0.3) is 11.0 Å². The van der Waals surface area contributed by atoms with Crippen molar-refractivity contribution in [3.05, 3.63) is 54.0 Å². The number of ether oxygens (including phenoxy) is 1. The molecule has 0 bridgehead atoms. The summed E-state index contributed by atoms with van der Waals surface area (Å²) >= 11 is 0. The molecule has 0 fully saturated rings. The molecule has 0 saturated heterocycles. The molecule has 0 unspecified atom stereocenters. The van der Waals surface area contributed by atoms with Crippen molar-refractivity contribution in [1.29, 1.82) is 0 Å². The van der Waals surface area contributed by atoms with E-state index in [9.17, 15) is 13.5 Å². The molecule has 3 aromatic rings. The molecule has 5 N–H and O–H groups in total. The standard InChI is InChI=1S/C22H30N6O4S/c1-3-14(11-26-33(23,30)31)18(29)12-28-9-8-17-21(24-13-25-22(17)28)27-20-16-7-5-4-6-15(16)10-19(20)32-2/h4-9,13-14,18-20,26,29H,3,10-12H2,1-2H3,(H2,23,30,31)(H,24,25,27)/t14-,18-,19-,20+/m0/s1. The Kier molecular flexibility index (Phi) is 6.96. The van der Waals surface area contributed by atoms with Crippen molar-refractivity contribution in [3.63, 3.8) is 0 Å². The highest BCUT2D eigenvalue weighted by Gasteiger charge is 2.33. The molecule has 2 heterocycles. The van der Waals surface area contributed by atoms with Gasteiger partial charge in [0.1, 0.15) is 17.8 Å². The highest BCUT2D eigenvalue weighted by atomic mass is 32.2. The van der Waals surface area contributed by atoms with Crippen LogP contribution in [0, 0.1) is 5.92 Å². The van der Waals surface area contributed by atoms with Crippen LogP contribution in [0.2, 0.25) is 0 Å². The molecule has 1 aliphatic carbocycles. The maximum Gasteiger partial charge on any atom is 0.274 e. The number of aliphatic hydroxyl groups excluding tert-OH is 1. The van der Waals surface area contributed by atoms with Crippen molar-refractivity contribution < 1.29 is 18.3 Å². The molecule has 0 aliphatic heterocycles. The Bertz CT molecular complexity index is 1210. The molecule has 0 spiro atoms. The summed E-state index contributed by atoms with van der Waals surface area (Å²) in [5.41, 5.74) is 3.13. The van der Waals surface area contributed by atoms with Gasteiger partial charge in [-0.05, 0) is 29.5 Å². The van der Waals surface area contributed by atoms with Crippen molar-refractivity contribution in [1.82, 2.24) is 19.3 Å². The van der Waals surface area contributed by atoms with E-state index in [0.717, 1.165) is 11.8 Å². The van der Waals surface area contributed by atoms with E-state index in [1.807, 2.05) is 35.9 Å². The Labute approximate surface area is 193 Å². The summed E-state index contributed by atoms with van der Waals surface area (Å²) in [6, 6.07) is 10.2. The summed E-state index contributed by atoms with van der Waals surface area (Å²) < 4.78 is 32.3. The number of aliphatic hydroxyl groups is 1. The minimum absolute atomic E-state index is 0.00652. The lowest BCUT2D eigenvalue weighted by atomic mass is 10.00. The second kappa shape index (κ2) is 9.74. The quantitative estimate of drug-likeness (QED) is 0.347. The number of fused-ring (bicyclic) bond motifs is 2. The van der Waals surface area contributed by atoms with Crippen LogP contribution in [0.15, 0.2) is 42.9 Å². The number of nitrogens with zero attached hydrogens (tertiary/aromatic N) is 3. The number of anilines is 1. The number of nitrogens with two attached hydrogens (primary N) is 1. The van der Waals surface area contributed by atoms with E-state index in [2.05, 4.69) is 32.1 Å². The SMILES string of the molecule is CC[C@@H](CNS(N)(=O)=O)[C@@H](O)Cn1ccc2c(N[C@@H]3c4ccccc4C[C@@H]3OC)ncnc21. The normalized spacial score (nSPS) is 20.0. The fourth-order valence-electron chi connectivity index (χ4n) is 4.49. The van der Waals surface area contributed by atoms with E-state index in [-0.39, 0.29) is 31.2 Å². The Hall–Kier alpha value is -2.57. The summed E-state index contributed by atoms with van der Waals surface area (Å²) in [6.07, 6.45) is 3.97. The minimum Gasteiger partial charge on any atom is -0.391 e. The van der Waals surface area contributed by atoms with Crippen LogP contribution in [0.4, 0.5) is 5.82 Å². The molecule has 33 heavy (non-hydrogen) atoms. The number of nitrogens with one attached hydrogen (secondary N) is 2. The number of rotatable bonds is 10. The van der Waals surface area contributed by atoms with Crippen molar-refractivity contribution in [2.24, 2.45) is 11.1 Å². The highest BCUT2D eigenvalue weighted by molar-refractivity contribution is 7.87. The van der Waals surface area contributed by atoms with Crippen LogP contribution in [0.5, 0.6) is 0 Å². The summed E-state index contributed by atoms with van der Waals surface area (Å²) in [5.74, 6) is 0.401. The van der Waals surface area contributed by atoms with E-state index < -0.39 is 16.3 Å². The first-order valence-corrected chi connectivity index (χ1v) is 12.5. The third-order valence-electron chi connectivity index (χ3n) is 6.33. The molecule has 0 amide bonds. The van der Waals surface area contributed by atoms with Crippen molar-refractivity contribution in [2.75, 3.05) is 19.0 Å². The van der Waals surface area contributed by atoms with E-state index in [1.54, 1.807) is 7.11 Å². The third kappa shape index (κ3) is 5.17. The third-order valence-corrected chi connectivity index (χ3v) is 6.90. The largest absolute Gasteiger partial charge is 0.391 e. The smallest absolute Gasteiger partial charge is 0.274 e. The number of methoxy groups -OCH3 is 1. The van der Waals surface area contributed by atoms with Gasteiger partial charge in [-0.1, -0.05) is 31.2 Å². The molecule has 11 heteroatoms. The molecule has 1 aliphatic rings. The van der Waals surface area contributed by atoms with Gasteiger partial charge < -0.3 is 19.7 Å². The lowest BCUT2D eigenvalue weighted by Crippen LogP contribution is -2.39. The zero-order valence-electron chi connectivity index (χ0n) is 18.7. The lowest BCUT2D eigenvalue weighted by molar-refractivity contribution is 0.0910. The van der Waals surface area contributed by atoms with Gasteiger partial charge in [0.05, 0.1) is 30.2 Å². The average molecular weight is 475 g/mol. The zero-order valence-corrected chi connectivity index (χ0v) is 19.5. The molecule has 4 atom stereocenters. The van der Waals surface area contributed by atoms with Crippen LogP contribution >= 0.6 is 0 Å². The molecule has 0 radical (unpaired) electrons. The first-order chi connectivity index (χ1) is 15.8. The summed E-state index contributed by atoms with van der Waals surface area (Å²) in [4.78, 5) is 8.89. The number of hydrogen-bond donors (Lipinski definition) is 4. The Morgan fingerprint density at radius 1 is 1.30 bits per heavy atom. The summed E-state index contributed by atoms with van der Waals surface area (Å²) in [6.45, 7) is 2.22. The van der Waals surface area contributed by atoms with Crippen molar-refractivity contribution in [2.45, 2.75) is 44.6 Å². The van der Waals surface area contributed by atoms with Crippen LogP contribution < -0.4 is 15.2 Å². The summed E-state index contributed by atoms with van der Waals surface area (Å²) in [7, 11) is -2.10. The second-order valence-electron chi connectivity index (χ2n) is 8.36. The van der Waals surface area contributed by atoms with Gasteiger partial charge in [0.2, 0.25) is 0 Å². The molecule has 0 saturated carbocycles. The van der Waals surface area contributed by atoms with E-state index in [1.165, 1.54) is 17.5 Å². The second-order valence-corrected chi connectivity index (χ2v) is 9.73. The molecule has 10 nitrogen and oxygen atoms in total. The van der Waals surface area contributed by atoms with Gasteiger partial charge in [-0.3, -0.25) is 0 Å². The van der Waals surface area contributed by atoms with E-state index in [4.69, 9.17) is 9.88 Å². The van der Waals surface area contributed by atoms with Gasteiger partial charge >= 0.3 is 0 Å². The molecule has 1 aromatic carbocycles. The molecular formula is C22H30N6O4S. The van der Waals surface area contributed by atoms with Gasteiger partial charge in [-0.2, -0.15) is 8.42 Å². The van der Waals surface area contributed by atoms with Crippen LogP contribution in [-0.2, 0) is 27.9 Å². The topological polar surface area (TPSA) is 144 Å². The monoisotopic (exact) mass is 474 g/mol. The molecule has 4 rings (SSSR count). The van der Waals surface area contributed by atoms with Gasteiger partial charge in [-0.15, -0.1) is 0 Å². The van der Waals surface area contributed by atoms with Gasteiger partial charge in [-0.25, -0.2) is 19.8 Å². The van der Waals surface area contributed by atoms with Crippen molar-refractivity contribution in [3.8, 4) is 0 Å². The lowest BCUT2D eigenvalue weighted by Gasteiger charge is -2.23. The maximum atomic E-state index is 11.2. The summed E-state index contributed by atoms with van der Waals surface area (Å²) in [5, 5.41) is 20.1. The van der Waals surface area contributed by atoms with Crippen molar-refractivity contribution >= 4 is 27.1 Å². The highest BCUT2D eigenvalue weighted by Crippen LogP contribution is 2.36. The van der Waals surface area contributed by atoms with Crippen LogP contribution in [0.1, 0.15) is 30.5 Å². The molecule has 2 aromatic heterocycles. The molecular weight excluding hydrogens is 444 g/mol. The number of aromatic nitrogens is 3. The minimum atomic E-state index is -3.81. The zero-order chi connectivity index (χ0) is 23.6. The van der Waals surface area contributed by atoms with Crippen LogP contribution in [-0.4, -0.2) is 53.9 Å². The Morgan fingerprint density at radius 2 is 2.09 bits per heavy atom. The fourth-order valence-corrected chi connectivity index (χ4v) is 4.93. The first-order valence-electron chi connectivity index (χ1n) is 10.9. The Balaban J connectivity index is 1.55. The predicted molar refractivity (Wildman–Crippen MR) is 126 cm³/mol. The number of hydrogen-bond acceptors (Lipinski definition) is 7. The predicted octanol–water partition coefficient (Wildman–Crippen LogP) is 1.34. The van der Waals surface area contributed by atoms with Crippen LogP contribution in [0.3, 0.4) is 0 Å². The van der Waals surface area contributed by atoms with Gasteiger partial charge in [0.25, 0.3) is 10.2 Å².